The van der Waals surface area contributed by atoms with Crippen LogP contribution in [-0.4, -0.2) is 47.8 Å². The van der Waals surface area contributed by atoms with Crippen LogP contribution < -0.4 is 15.6 Å². The molecule has 0 saturated heterocycles. The number of likely N-dealkylation sites (N-methyl/N-ethyl adjacent to an activating group) is 1. The predicted molar refractivity (Wildman–Crippen MR) is 116 cm³/mol. The van der Waals surface area contributed by atoms with Gasteiger partial charge in [-0.25, -0.2) is 13.5 Å². The molecular weight excluding hydrogens is 418 g/mol. The Labute approximate surface area is 183 Å². The zero-order chi connectivity index (χ0) is 22.8. The molecule has 4 rings (SSSR count). The number of anilines is 1. The standard InChI is InChI=1S/C23H22F2N4O3/c1-28(2)7-8-32-23-17(24)10-16(11-18(23)25)20-5-6-22(31)29(27-20)13-14-3-4-19-15(9-14)12-21(30)26-19/h3-6,9-11H,7-8,12-13H2,1-2H3,(H,26,30). The van der Waals surface area contributed by atoms with Crippen molar-refractivity contribution in [1.82, 2.24) is 14.7 Å². The molecule has 0 saturated carbocycles. The number of amides is 1. The minimum Gasteiger partial charge on any atom is -0.486 e. The Morgan fingerprint density at radius 3 is 2.56 bits per heavy atom. The lowest BCUT2D eigenvalue weighted by molar-refractivity contribution is -0.115. The number of halogens is 2. The molecule has 1 N–H and O–H groups in total. The second kappa shape index (κ2) is 8.88. The lowest BCUT2D eigenvalue weighted by atomic mass is 10.1. The first-order valence-electron chi connectivity index (χ1n) is 10.1. The van der Waals surface area contributed by atoms with Crippen LogP contribution in [0.3, 0.4) is 0 Å². The Balaban J connectivity index is 1.58. The number of rotatable bonds is 7. The number of carbonyl (C=O) groups is 1. The van der Waals surface area contributed by atoms with Crippen LogP contribution in [-0.2, 0) is 17.8 Å². The summed E-state index contributed by atoms with van der Waals surface area (Å²) in [5.41, 5.74) is 2.48. The van der Waals surface area contributed by atoms with Gasteiger partial charge in [0.2, 0.25) is 5.91 Å². The predicted octanol–water partition coefficient (Wildman–Crippen LogP) is 2.67. The van der Waals surface area contributed by atoms with Crippen molar-refractivity contribution in [3.05, 3.63) is 75.6 Å². The number of benzene rings is 2. The molecule has 1 aliphatic heterocycles. The molecule has 9 heteroatoms. The third-order valence-corrected chi connectivity index (χ3v) is 5.07. The van der Waals surface area contributed by atoms with Crippen LogP contribution in [0.4, 0.5) is 14.5 Å². The van der Waals surface area contributed by atoms with Crippen LogP contribution >= 0.6 is 0 Å². The van der Waals surface area contributed by atoms with Crippen LogP contribution in [0.1, 0.15) is 11.1 Å². The third kappa shape index (κ3) is 4.67. The van der Waals surface area contributed by atoms with Gasteiger partial charge in [-0.05, 0) is 49.5 Å². The molecule has 1 amide bonds. The normalized spacial score (nSPS) is 12.7. The van der Waals surface area contributed by atoms with E-state index in [1.165, 1.54) is 16.8 Å². The average molecular weight is 440 g/mol. The van der Waals surface area contributed by atoms with E-state index in [1.807, 2.05) is 25.1 Å². The summed E-state index contributed by atoms with van der Waals surface area (Å²) < 4.78 is 35.5. The maximum absolute atomic E-state index is 14.5. The molecule has 0 spiro atoms. The molecule has 0 bridgehead atoms. The summed E-state index contributed by atoms with van der Waals surface area (Å²) in [7, 11) is 3.66. The fourth-order valence-corrected chi connectivity index (χ4v) is 3.45. The zero-order valence-electron chi connectivity index (χ0n) is 17.7. The Kier molecular flexibility index (Phi) is 6.00. The van der Waals surface area contributed by atoms with Crippen LogP contribution in [0, 0.1) is 11.6 Å². The first kappa shape index (κ1) is 21.6. The maximum Gasteiger partial charge on any atom is 0.267 e. The highest BCUT2D eigenvalue weighted by molar-refractivity contribution is 5.99. The Morgan fingerprint density at radius 2 is 1.84 bits per heavy atom. The van der Waals surface area contributed by atoms with Gasteiger partial charge in [0.25, 0.3) is 5.56 Å². The molecule has 0 radical (unpaired) electrons. The average Bonchev–Trinajstić information content (AvgIpc) is 3.10. The van der Waals surface area contributed by atoms with E-state index in [2.05, 4.69) is 10.4 Å². The number of nitrogens with one attached hydrogen (secondary N) is 1. The van der Waals surface area contributed by atoms with E-state index in [0.717, 1.165) is 28.9 Å². The van der Waals surface area contributed by atoms with Crippen molar-refractivity contribution in [3.8, 4) is 17.0 Å². The lowest BCUT2D eigenvalue weighted by Gasteiger charge is -2.13. The minimum atomic E-state index is -0.839. The van der Waals surface area contributed by atoms with Crippen molar-refractivity contribution in [2.24, 2.45) is 0 Å². The van der Waals surface area contributed by atoms with Crippen LogP contribution in [0.5, 0.6) is 5.75 Å². The molecule has 0 atom stereocenters. The fraction of sp³-hybridized carbons (Fsp3) is 0.261. The molecule has 0 aliphatic carbocycles. The number of hydrogen-bond donors (Lipinski definition) is 1. The van der Waals surface area contributed by atoms with Crippen molar-refractivity contribution in [2.75, 3.05) is 32.6 Å². The van der Waals surface area contributed by atoms with E-state index >= 15 is 0 Å². The first-order chi connectivity index (χ1) is 15.3. The number of fused-ring (bicyclic) bond motifs is 1. The molecule has 1 aliphatic rings. The Hall–Kier alpha value is -3.59. The largest absolute Gasteiger partial charge is 0.486 e. The number of nitrogens with zero attached hydrogens (tertiary/aromatic N) is 3. The van der Waals surface area contributed by atoms with Gasteiger partial charge in [0.1, 0.15) is 6.61 Å². The van der Waals surface area contributed by atoms with Crippen LogP contribution in [0.15, 0.2) is 47.3 Å². The molecular formula is C23H22F2N4O3. The summed E-state index contributed by atoms with van der Waals surface area (Å²) >= 11 is 0. The van der Waals surface area contributed by atoms with E-state index < -0.39 is 17.4 Å². The van der Waals surface area contributed by atoms with Gasteiger partial charge in [-0.1, -0.05) is 12.1 Å². The van der Waals surface area contributed by atoms with Gasteiger partial charge >= 0.3 is 0 Å². The van der Waals surface area contributed by atoms with Crippen molar-refractivity contribution < 1.29 is 18.3 Å². The second-order valence-electron chi connectivity index (χ2n) is 7.85. The molecule has 0 unspecified atom stereocenters. The Morgan fingerprint density at radius 1 is 1.09 bits per heavy atom. The van der Waals surface area contributed by atoms with Gasteiger partial charge in [-0.15, -0.1) is 0 Å². The van der Waals surface area contributed by atoms with Crippen molar-refractivity contribution in [2.45, 2.75) is 13.0 Å². The van der Waals surface area contributed by atoms with Crippen LogP contribution in [0.2, 0.25) is 0 Å². The van der Waals surface area contributed by atoms with Gasteiger partial charge in [0.15, 0.2) is 17.4 Å². The Bertz CT molecular complexity index is 1220. The highest BCUT2D eigenvalue weighted by atomic mass is 19.1. The minimum absolute atomic E-state index is 0.0763. The van der Waals surface area contributed by atoms with Crippen LogP contribution in [0.25, 0.3) is 11.3 Å². The zero-order valence-corrected chi connectivity index (χ0v) is 17.7. The topological polar surface area (TPSA) is 76.5 Å². The van der Waals surface area contributed by atoms with Gasteiger partial charge in [-0.2, -0.15) is 5.10 Å². The third-order valence-electron chi connectivity index (χ3n) is 5.07. The quantitative estimate of drug-likeness (QED) is 0.611. The number of carbonyl (C=O) groups excluding carboxylic acids is 1. The van der Waals surface area contributed by atoms with Crippen molar-refractivity contribution >= 4 is 11.6 Å². The van der Waals surface area contributed by atoms with Gasteiger partial charge < -0.3 is 15.0 Å². The van der Waals surface area contributed by atoms with Crippen molar-refractivity contribution in [3.63, 3.8) is 0 Å². The first-order valence-corrected chi connectivity index (χ1v) is 10.1. The van der Waals surface area contributed by atoms with Gasteiger partial charge in [0.05, 0.1) is 18.7 Å². The fourth-order valence-electron chi connectivity index (χ4n) is 3.45. The highest BCUT2D eigenvalue weighted by Crippen LogP contribution is 2.28. The molecule has 1 aromatic heterocycles. The molecule has 3 aromatic rings. The molecule has 2 heterocycles. The highest BCUT2D eigenvalue weighted by Gasteiger charge is 2.18. The summed E-state index contributed by atoms with van der Waals surface area (Å²) in [5.74, 6) is -2.19. The SMILES string of the molecule is CN(C)CCOc1c(F)cc(-c2ccc(=O)n(Cc3ccc4c(c3)CC(=O)N4)n2)cc1F. The van der Waals surface area contributed by atoms with E-state index in [1.54, 1.807) is 12.1 Å². The van der Waals surface area contributed by atoms with E-state index in [4.69, 9.17) is 4.74 Å². The summed E-state index contributed by atoms with van der Waals surface area (Å²) in [4.78, 5) is 25.7. The van der Waals surface area contributed by atoms with E-state index in [-0.39, 0.29) is 42.3 Å². The summed E-state index contributed by atoms with van der Waals surface area (Å²) in [6.45, 7) is 0.816. The molecule has 7 nitrogen and oxygen atoms in total. The van der Waals surface area contributed by atoms with Gasteiger partial charge in [-0.3, -0.25) is 9.59 Å². The second-order valence-corrected chi connectivity index (χ2v) is 7.85. The summed E-state index contributed by atoms with van der Waals surface area (Å²) in [6.07, 6.45) is 0.285. The maximum atomic E-state index is 14.5. The smallest absolute Gasteiger partial charge is 0.267 e. The van der Waals surface area contributed by atoms with Crippen molar-refractivity contribution in [1.29, 1.82) is 0 Å². The molecule has 2 aromatic carbocycles. The molecule has 0 fully saturated rings. The van der Waals surface area contributed by atoms with E-state index in [0.29, 0.717) is 6.54 Å². The molecule has 32 heavy (non-hydrogen) atoms. The number of aromatic nitrogens is 2. The van der Waals surface area contributed by atoms with E-state index in [9.17, 15) is 18.4 Å². The molecule has 166 valence electrons. The number of ether oxygens (including phenoxy) is 1. The van der Waals surface area contributed by atoms with Gasteiger partial charge in [0, 0.05) is 23.9 Å². The monoisotopic (exact) mass is 440 g/mol. The lowest BCUT2D eigenvalue weighted by Crippen LogP contribution is -2.23. The summed E-state index contributed by atoms with van der Waals surface area (Å²) in [6, 6.07) is 10.4. The number of hydrogen-bond acceptors (Lipinski definition) is 5. The summed E-state index contributed by atoms with van der Waals surface area (Å²) in [5, 5.41) is 7.04.